The number of aryl methyl sites for hydroxylation is 2. The highest BCUT2D eigenvalue weighted by Gasteiger charge is 2.28. The zero-order chi connectivity index (χ0) is 26.0. The van der Waals surface area contributed by atoms with E-state index >= 15 is 0 Å². The highest BCUT2D eigenvalue weighted by atomic mass is 35.5. The van der Waals surface area contributed by atoms with Gasteiger partial charge < -0.3 is 5.32 Å². The zero-order valence-electron chi connectivity index (χ0n) is 21.1. The first-order valence-electron chi connectivity index (χ1n) is 11.5. The van der Waals surface area contributed by atoms with Crippen molar-refractivity contribution in [2.24, 2.45) is 0 Å². The van der Waals surface area contributed by atoms with Crippen molar-refractivity contribution < 1.29 is 13.2 Å². The summed E-state index contributed by atoms with van der Waals surface area (Å²) in [5.41, 5.74) is 4.59. The van der Waals surface area contributed by atoms with E-state index in [4.69, 9.17) is 11.6 Å². The number of halogens is 1. The second-order valence-electron chi connectivity index (χ2n) is 9.90. The quantitative estimate of drug-likeness (QED) is 0.402. The first-order valence-corrected chi connectivity index (χ1v) is 13.4. The Morgan fingerprint density at radius 3 is 2.09 bits per heavy atom. The van der Waals surface area contributed by atoms with Crippen molar-refractivity contribution in [3.05, 3.63) is 94.0 Å². The van der Waals surface area contributed by atoms with Crippen molar-refractivity contribution >= 4 is 33.2 Å². The molecule has 1 atom stereocenters. The largest absolute Gasteiger partial charge is 0.348 e. The van der Waals surface area contributed by atoms with Crippen LogP contribution in [-0.2, 0) is 20.2 Å². The smallest absolute Gasteiger partial charge is 0.264 e. The normalized spacial score (nSPS) is 12.8. The monoisotopic (exact) mass is 512 g/mol. The lowest BCUT2D eigenvalue weighted by Gasteiger charge is -2.26. The van der Waals surface area contributed by atoms with Crippen LogP contribution in [0.15, 0.2) is 71.6 Å². The van der Waals surface area contributed by atoms with E-state index in [0.717, 1.165) is 21.0 Å². The average Bonchev–Trinajstić information content (AvgIpc) is 2.79. The van der Waals surface area contributed by atoms with Crippen LogP contribution in [0.4, 0.5) is 5.69 Å². The van der Waals surface area contributed by atoms with Gasteiger partial charge in [-0.1, -0.05) is 62.7 Å². The molecule has 3 aromatic rings. The number of nitrogens with one attached hydrogen (secondary N) is 1. The first-order chi connectivity index (χ1) is 16.3. The summed E-state index contributed by atoms with van der Waals surface area (Å²) in [4.78, 5) is 13.2. The number of nitrogens with zero attached hydrogens (tertiary/aromatic N) is 1. The molecule has 0 aliphatic carbocycles. The number of carbonyl (C=O) groups excluding carboxylic acids is 1. The van der Waals surface area contributed by atoms with Crippen LogP contribution in [0.5, 0.6) is 0 Å². The van der Waals surface area contributed by atoms with E-state index in [-0.39, 0.29) is 22.9 Å². The molecule has 0 bridgehead atoms. The van der Waals surface area contributed by atoms with Crippen molar-refractivity contribution in [1.82, 2.24) is 5.32 Å². The fourth-order valence-corrected chi connectivity index (χ4v) is 5.24. The summed E-state index contributed by atoms with van der Waals surface area (Å²) in [5.74, 6) is -0.395. The lowest BCUT2D eigenvalue weighted by molar-refractivity contribution is -0.120. The van der Waals surface area contributed by atoms with E-state index in [1.165, 1.54) is 29.8 Å². The number of anilines is 1. The van der Waals surface area contributed by atoms with Crippen molar-refractivity contribution in [3.8, 4) is 0 Å². The number of carbonyl (C=O) groups is 1. The summed E-state index contributed by atoms with van der Waals surface area (Å²) in [6, 6.07) is 19.1. The van der Waals surface area contributed by atoms with E-state index in [2.05, 4.69) is 38.2 Å². The number of amides is 1. The van der Waals surface area contributed by atoms with E-state index in [1.54, 1.807) is 12.1 Å². The summed E-state index contributed by atoms with van der Waals surface area (Å²) in [5, 5.41) is 3.38. The van der Waals surface area contributed by atoms with Crippen LogP contribution in [0.1, 0.15) is 56.0 Å². The molecule has 0 unspecified atom stereocenters. The third-order valence-corrected chi connectivity index (χ3v) is 8.16. The topological polar surface area (TPSA) is 66.5 Å². The third-order valence-electron chi connectivity index (χ3n) is 6.12. The molecule has 3 rings (SSSR count). The van der Waals surface area contributed by atoms with Crippen molar-refractivity contribution in [3.63, 3.8) is 0 Å². The predicted molar refractivity (Wildman–Crippen MR) is 144 cm³/mol. The molecule has 0 saturated carbocycles. The average molecular weight is 513 g/mol. The van der Waals surface area contributed by atoms with Gasteiger partial charge in [-0.15, -0.1) is 0 Å². The lowest BCUT2D eigenvalue weighted by atomic mass is 9.86. The Kier molecular flexibility index (Phi) is 7.97. The fourth-order valence-electron chi connectivity index (χ4n) is 3.70. The molecule has 0 aliphatic rings. The minimum Gasteiger partial charge on any atom is -0.348 e. The van der Waals surface area contributed by atoms with Crippen LogP contribution >= 0.6 is 11.6 Å². The minimum absolute atomic E-state index is 0.0354. The van der Waals surface area contributed by atoms with Gasteiger partial charge in [0, 0.05) is 5.02 Å². The van der Waals surface area contributed by atoms with E-state index in [0.29, 0.717) is 10.7 Å². The summed E-state index contributed by atoms with van der Waals surface area (Å²) >= 11 is 5.96. The van der Waals surface area contributed by atoms with Crippen molar-refractivity contribution in [2.45, 2.75) is 57.9 Å². The fraction of sp³-hybridized carbons (Fsp3) is 0.321. The second kappa shape index (κ2) is 10.4. The molecule has 5 nitrogen and oxygen atoms in total. The van der Waals surface area contributed by atoms with Gasteiger partial charge in [0.2, 0.25) is 5.91 Å². The number of hydrogen-bond acceptors (Lipinski definition) is 3. The first kappa shape index (κ1) is 26.8. The Balaban J connectivity index is 1.87. The number of sulfonamides is 1. The highest BCUT2D eigenvalue weighted by Crippen LogP contribution is 2.27. The van der Waals surface area contributed by atoms with Gasteiger partial charge in [-0.2, -0.15) is 0 Å². The van der Waals surface area contributed by atoms with E-state index in [1.807, 2.05) is 39.0 Å². The molecular weight excluding hydrogens is 480 g/mol. The van der Waals surface area contributed by atoms with Gasteiger partial charge in [0.15, 0.2) is 0 Å². The van der Waals surface area contributed by atoms with Crippen LogP contribution in [0.3, 0.4) is 0 Å². The Labute approximate surface area is 214 Å². The lowest BCUT2D eigenvalue weighted by Crippen LogP contribution is -2.41. The summed E-state index contributed by atoms with van der Waals surface area (Å²) in [6.07, 6.45) is 0. The Hall–Kier alpha value is -2.83. The van der Waals surface area contributed by atoms with Crippen molar-refractivity contribution in [2.75, 3.05) is 10.8 Å². The zero-order valence-corrected chi connectivity index (χ0v) is 22.7. The second-order valence-corrected chi connectivity index (χ2v) is 12.2. The molecule has 1 amide bonds. The Bertz CT molecular complexity index is 1300. The SMILES string of the molecule is Cc1ccc(N(CC(=O)N[C@@H](C)c2ccc(C(C)(C)C)cc2)S(=O)(=O)c2ccc(Cl)cc2)cc1C. The van der Waals surface area contributed by atoms with Gasteiger partial charge in [-0.05, 0) is 84.8 Å². The third kappa shape index (κ3) is 6.44. The maximum Gasteiger partial charge on any atom is 0.264 e. The van der Waals surface area contributed by atoms with Crippen LogP contribution in [0, 0.1) is 13.8 Å². The minimum atomic E-state index is -4.00. The van der Waals surface area contributed by atoms with Gasteiger partial charge in [-0.25, -0.2) is 8.42 Å². The molecule has 186 valence electrons. The standard InChI is InChI=1S/C28H33ClN2O3S/c1-19-7-14-25(17-20(19)2)31(35(33,34)26-15-12-24(29)13-16-26)18-27(32)30-21(3)22-8-10-23(11-9-22)28(4,5)6/h7-17,21H,18H2,1-6H3,(H,30,32)/t21-/m0/s1. The van der Waals surface area contributed by atoms with Gasteiger partial charge >= 0.3 is 0 Å². The van der Waals surface area contributed by atoms with Crippen LogP contribution < -0.4 is 9.62 Å². The molecule has 0 fully saturated rings. The number of benzene rings is 3. The number of rotatable bonds is 7. The van der Waals surface area contributed by atoms with Crippen LogP contribution in [-0.4, -0.2) is 20.9 Å². The predicted octanol–water partition coefficient (Wildman–Crippen LogP) is 6.33. The molecule has 0 radical (unpaired) electrons. The van der Waals surface area contributed by atoms with Crippen LogP contribution in [0.2, 0.25) is 5.02 Å². The Morgan fingerprint density at radius 2 is 1.54 bits per heavy atom. The molecule has 0 heterocycles. The molecule has 7 heteroatoms. The van der Waals surface area contributed by atoms with Gasteiger partial charge in [0.05, 0.1) is 16.6 Å². The van der Waals surface area contributed by atoms with Crippen molar-refractivity contribution in [1.29, 1.82) is 0 Å². The maximum absolute atomic E-state index is 13.6. The molecule has 0 spiro atoms. The molecule has 1 N–H and O–H groups in total. The molecule has 0 aliphatic heterocycles. The molecule has 0 aromatic heterocycles. The molecule has 35 heavy (non-hydrogen) atoms. The molecule has 3 aromatic carbocycles. The molecular formula is C28H33ClN2O3S. The number of hydrogen-bond donors (Lipinski definition) is 1. The van der Waals surface area contributed by atoms with Crippen LogP contribution in [0.25, 0.3) is 0 Å². The summed E-state index contributed by atoms with van der Waals surface area (Å²) in [7, 11) is -4.00. The van der Waals surface area contributed by atoms with Gasteiger partial charge in [0.25, 0.3) is 10.0 Å². The maximum atomic E-state index is 13.6. The molecule has 0 saturated heterocycles. The van der Waals surface area contributed by atoms with E-state index in [9.17, 15) is 13.2 Å². The van der Waals surface area contributed by atoms with Gasteiger partial charge in [-0.3, -0.25) is 9.10 Å². The Morgan fingerprint density at radius 1 is 0.943 bits per heavy atom. The summed E-state index contributed by atoms with van der Waals surface area (Å²) in [6.45, 7) is 11.9. The van der Waals surface area contributed by atoms with E-state index < -0.39 is 15.9 Å². The summed E-state index contributed by atoms with van der Waals surface area (Å²) < 4.78 is 28.3. The highest BCUT2D eigenvalue weighted by molar-refractivity contribution is 7.92. The van der Waals surface area contributed by atoms with Gasteiger partial charge in [0.1, 0.15) is 6.54 Å².